The van der Waals surface area contributed by atoms with Crippen LogP contribution in [0.5, 0.6) is 0 Å². The lowest BCUT2D eigenvalue weighted by molar-refractivity contribution is -0.131. The molecule has 0 bridgehead atoms. The molecule has 3 heterocycles. The maximum absolute atomic E-state index is 12.6. The van der Waals surface area contributed by atoms with Gasteiger partial charge in [-0.05, 0) is 24.0 Å². The third kappa shape index (κ3) is 4.77. The van der Waals surface area contributed by atoms with Gasteiger partial charge in [-0.2, -0.15) is 5.10 Å². The molecular weight excluding hydrogens is 382 g/mol. The summed E-state index contributed by atoms with van der Waals surface area (Å²) >= 11 is 0. The van der Waals surface area contributed by atoms with Gasteiger partial charge in [-0.1, -0.05) is 30.3 Å². The molecule has 1 N–H and O–H groups in total. The van der Waals surface area contributed by atoms with Gasteiger partial charge < -0.3 is 14.7 Å². The van der Waals surface area contributed by atoms with E-state index in [1.165, 1.54) is 11.1 Å². The Morgan fingerprint density at radius 1 is 1.23 bits per heavy atom. The number of hydrogen-bond donors (Lipinski definition) is 1. The van der Waals surface area contributed by atoms with E-state index in [-0.39, 0.29) is 18.6 Å². The Morgan fingerprint density at radius 2 is 2.03 bits per heavy atom. The molecule has 2 aromatic rings. The lowest BCUT2D eigenvalue weighted by Crippen LogP contribution is -2.41. The summed E-state index contributed by atoms with van der Waals surface area (Å²) in [6, 6.07) is 8.21. The minimum atomic E-state index is 0.0428. The molecule has 2 aliphatic rings. The van der Waals surface area contributed by atoms with Gasteiger partial charge in [-0.15, -0.1) is 0 Å². The van der Waals surface area contributed by atoms with Gasteiger partial charge in [-0.25, -0.2) is 4.98 Å². The molecule has 0 spiro atoms. The van der Waals surface area contributed by atoms with Crippen molar-refractivity contribution in [2.24, 2.45) is 0 Å². The number of amides is 1. The zero-order valence-electron chi connectivity index (χ0n) is 17.4. The van der Waals surface area contributed by atoms with E-state index in [0.717, 1.165) is 38.0 Å². The molecule has 8 nitrogen and oxygen atoms in total. The van der Waals surface area contributed by atoms with Crippen LogP contribution in [0.3, 0.4) is 0 Å². The first kappa shape index (κ1) is 20.7. The van der Waals surface area contributed by atoms with Crippen molar-refractivity contribution in [3.63, 3.8) is 0 Å². The molecule has 1 aromatic heterocycles. The van der Waals surface area contributed by atoms with Crippen LogP contribution in [-0.4, -0.2) is 88.1 Å². The average molecular weight is 412 g/mol. The van der Waals surface area contributed by atoms with Gasteiger partial charge in [0.2, 0.25) is 5.91 Å². The monoisotopic (exact) mass is 411 g/mol. The minimum absolute atomic E-state index is 0.0428. The Morgan fingerprint density at radius 3 is 2.70 bits per heavy atom. The van der Waals surface area contributed by atoms with Crippen LogP contribution < -0.4 is 0 Å². The fourth-order valence-electron chi connectivity index (χ4n) is 4.05. The summed E-state index contributed by atoms with van der Waals surface area (Å²) < 4.78 is 7.02. The summed E-state index contributed by atoms with van der Waals surface area (Å²) in [7, 11) is 1.74. The molecule has 1 fully saturated rings. The van der Waals surface area contributed by atoms with Crippen molar-refractivity contribution in [3.8, 4) is 11.4 Å². The number of aromatic nitrogens is 3. The Balaban J connectivity index is 1.33. The predicted molar refractivity (Wildman–Crippen MR) is 114 cm³/mol. The Labute approximate surface area is 176 Å². The van der Waals surface area contributed by atoms with Crippen molar-refractivity contribution in [1.29, 1.82) is 0 Å². The maximum atomic E-state index is 12.6. The highest BCUT2D eigenvalue weighted by atomic mass is 16.5. The summed E-state index contributed by atoms with van der Waals surface area (Å²) in [6.45, 7) is 4.15. The van der Waals surface area contributed by atoms with E-state index in [9.17, 15) is 4.79 Å². The Hall–Kier alpha value is -2.55. The largest absolute Gasteiger partial charge is 0.394 e. The molecule has 1 aromatic carbocycles. The van der Waals surface area contributed by atoms with Crippen LogP contribution in [0.2, 0.25) is 0 Å². The van der Waals surface area contributed by atoms with E-state index in [1.807, 2.05) is 17.0 Å². The van der Waals surface area contributed by atoms with Gasteiger partial charge in [0.1, 0.15) is 6.33 Å². The summed E-state index contributed by atoms with van der Waals surface area (Å²) in [5, 5.41) is 13.4. The highest BCUT2D eigenvalue weighted by Crippen LogP contribution is 2.25. The van der Waals surface area contributed by atoms with Crippen molar-refractivity contribution in [2.45, 2.75) is 25.5 Å². The molecule has 0 unspecified atom stereocenters. The number of rotatable bonds is 7. The predicted octanol–water partition coefficient (Wildman–Crippen LogP) is 1.27. The minimum Gasteiger partial charge on any atom is -0.394 e. The van der Waals surface area contributed by atoms with Crippen molar-refractivity contribution in [1.82, 2.24) is 24.6 Å². The standard InChI is InChI=1S/C22H29N5O3/c1-30-20-8-9-25(14-20)15-21(29)26-10-6-18(7-11-26)17-2-4-19(5-3-17)22-23-16-27(24-22)12-13-28/h2-6,16,20,28H,7-15H2,1H3/t20-/m0/s1. The van der Waals surface area contributed by atoms with Crippen LogP contribution in [0.4, 0.5) is 0 Å². The first-order valence-electron chi connectivity index (χ1n) is 10.5. The van der Waals surface area contributed by atoms with Crippen molar-refractivity contribution in [2.75, 3.05) is 46.4 Å². The molecule has 1 saturated heterocycles. The van der Waals surface area contributed by atoms with E-state index in [2.05, 4.69) is 33.2 Å². The van der Waals surface area contributed by atoms with Crippen molar-refractivity contribution < 1.29 is 14.6 Å². The van der Waals surface area contributed by atoms with Crippen LogP contribution in [0.1, 0.15) is 18.4 Å². The molecular formula is C22H29N5O3. The number of ether oxygens (including phenoxy) is 1. The molecule has 0 saturated carbocycles. The Bertz CT molecular complexity index is 892. The number of carbonyl (C=O) groups excluding carboxylic acids is 1. The van der Waals surface area contributed by atoms with E-state index >= 15 is 0 Å². The highest BCUT2D eigenvalue weighted by Gasteiger charge is 2.26. The number of carbonyl (C=O) groups is 1. The molecule has 2 aliphatic heterocycles. The summed E-state index contributed by atoms with van der Waals surface area (Å²) in [5.74, 6) is 0.851. The van der Waals surface area contributed by atoms with Gasteiger partial charge in [0, 0.05) is 38.9 Å². The number of aliphatic hydroxyl groups is 1. The number of nitrogens with zero attached hydrogens (tertiary/aromatic N) is 5. The van der Waals surface area contributed by atoms with Crippen LogP contribution in [0.15, 0.2) is 36.7 Å². The second-order valence-corrected chi connectivity index (χ2v) is 7.83. The molecule has 0 radical (unpaired) electrons. The SMILES string of the molecule is CO[C@H]1CCN(CC(=O)N2CC=C(c3ccc(-c4ncn(CCO)n4)cc3)CC2)C1. The third-order valence-corrected chi connectivity index (χ3v) is 5.86. The quantitative estimate of drug-likeness (QED) is 0.739. The molecule has 4 rings (SSSR count). The van der Waals surface area contributed by atoms with Crippen LogP contribution in [-0.2, 0) is 16.1 Å². The summed E-state index contributed by atoms with van der Waals surface area (Å²) in [6.07, 6.45) is 5.90. The number of likely N-dealkylation sites (tertiary alicyclic amines) is 1. The van der Waals surface area contributed by atoms with Crippen molar-refractivity contribution >= 4 is 11.5 Å². The average Bonchev–Trinajstić information content (AvgIpc) is 3.44. The third-order valence-electron chi connectivity index (χ3n) is 5.86. The zero-order chi connectivity index (χ0) is 20.9. The van der Waals surface area contributed by atoms with Crippen LogP contribution >= 0.6 is 0 Å². The summed E-state index contributed by atoms with van der Waals surface area (Å²) in [4.78, 5) is 21.0. The number of methoxy groups -OCH3 is 1. The van der Waals surface area contributed by atoms with Gasteiger partial charge >= 0.3 is 0 Å². The molecule has 1 amide bonds. The van der Waals surface area contributed by atoms with E-state index < -0.39 is 0 Å². The maximum Gasteiger partial charge on any atom is 0.237 e. The zero-order valence-corrected chi connectivity index (χ0v) is 17.4. The smallest absolute Gasteiger partial charge is 0.237 e. The lowest BCUT2D eigenvalue weighted by Gasteiger charge is -2.28. The van der Waals surface area contributed by atoms with Crippen LogP contribution in [0, 0.1) is 0 Å². The van der Waals surface area contributed by atoms with E-state index in [0.29, 0.717) is 25.5 Å². The molecule has 8 heteroatoms. The topological polar surface area (TPSA) is 83.7 Å². The highest BCUT2D eigenvalue weighted by molar-refractivity contribution is 5.80. The molecule has 160 valence electrons. The Kier molecular flexibility index (Phi) is 6.56. The molecule has 0 aliphatic carbocycles. The molecule has 1 atom stereocenters. The fourth-order valence-corrected chi connectivity index (χ4v) is 4.05. The van der Waals surface area contributed by atoms with Gasteiger partial charge in [-0.3, -0.25) is 14.4 Å². The first-order chi connectivity index (χ1) is 14.7. The number of hydrogen-bond acceptors (Lipinski definition) is 6. The lowest BCUT2D eigenvalue weighted by atomic mass is 9.98. The second-order valence-electron chi connectivity index (χ2n) is 7.83. The first-order valence-corrected chi connectivity index (χ1v) is 10.5. The second kappa shape index (κ2) is 9.51. The summed E-state index contributed by atoms with van der Waals surface area (Å²) in [5.41, 5.74) is 3.39. The van der Waals surface area contributed by atoms with E-state index in [4.69, 9.17) is 9.84 Å². The van der Waals surface area contributed by atoms with Gasteiger partial charge in [0.25, 0.3) is 0 Å². The van der Waals surface area contributed by atoms with Gasteiger partial charge in [0.15, 0.2) is 5.82 Å². The van der Waals surface area contributed by atoms with Gasteiger partial charge in [0.05, 0.1) is 25.8 Å². The van der Waals surface area contributed by atoms with Crippen molar-refractivity contribution in [3.05, 3.63) is 42.2 Å². The van der Waals surface area contributed by atoms with Crippen LogP contribution in [0.25, 0.3) is 17.0 Å². The fraction of sp³-hybridized carbons (Fsp3) is 0.500. The molecule has 30 heavy (non-hydrogen) atoms. The normalized spacial score (nSPS) is 19.9. The van der Waals surface area contributed by atoms with E-state index in [1.54, 1.807) is 18.1 Å². The number of aliphatic hydroxyl groups excluding tert-OH is 1. The number of benzene rings is 1.